The van der Waals surface area contributed by atoms with Crippen LogP contribution >= 0.6 is 23.1 Å². The van der Waals surface area contributed by atoms with Crippen LogP contribution in [0.2, 0.25) is 0 Å². The Kier molecular flexibility index (Phi) is 5.03. The normalized spacial score (nSPS) is 10.5. The van der Waals surface area contributed by atoms with Crippen LogP contribution in [0.3, 0.4) is 0 Å². The predicted molar refractivity (Wildman–Crippen MR) is 86.7 cm³/mol. The summed E-state index contributed by atoms with van der Waals surface area (Å²) in [7, 11) is 0. The Morgan fingerprint density at radius 3 is 2.95 bits per heavy atom. The Labute approximate surface area is 126 Å². The molecule has 4 nitrogen and oxygen atoms in total. The van der Waals surface area contributed by atoms with E-state index in [4.69, 9.17) is 5.73 Å². The van der Waals surface area contributed by atoms with Crippen molar-refractivity contribution in [2.75, 3.05) is 17.3 Å². The number of ketones is 1. The van der Waals surface area contributed by atoms with Gasteiger partial charge in [-0.1, -0.05) is 13.0 Å². The number of rotatable bonds is 6. The van der Waals surface area contributed by atoms with Crippen LogP contribution < -0.4 is 11.1 Å². The fourth-order valence-electron chi connectivity index (χ4n) is 1.80. The minimum absolute atomic E-state index is 0.0947. The number of nitrogens with one attached hydrogen (secondary N) is 1. The lowest BCUT2D eigenvalue weighted by Gasteiger charge is -2.05. The molecule has 2 aromatic heterocycles. The molecule has 0 unspecified atom stereocenters. The number of hydrogen-bond acceptors (Lipinski definition) is 6. The van der Waals surface area contributed by atoms with Crippen molar-refractivity contribution in [3.8, 4) is 0 Å². The van der Waals surface area contributed by atoms with E-state index >= 15 is 0 Å². The number of thioether (sulfide) groups is 1. The molecular formula is C14H17N3OS2. The van der Waals surface area contributed by atoms with Gasteiger partial charge in [-0.25, -0.2) is 0 Å². The van der Waals surface area contributed by atoms with E-state index in [1.54, 1.807) is 18.0 Å². The second kappa shape index (κ2) is 6.76. The number of anilines is 2. The van der Waals surface area contributed by atoms with Crippen molar-refractivity contribution in [3.63, 3.8) is 0 Å². The molecule has 3 N–H and O–H groups in total. The van der Waals surface area contributed by atoms with Crippen LogP contribution in [-0.4, -0.2) is 17.0 Å². The van der Waals surface area contributed by atoms with Crippen molar-refractivity contribution in [1.82, 2.24) is 4.98 Å². The summed E-state index contributed by atoms with van der Waals surface area (Å²) < 4.78 is 0. The SMILES string of the molecule is CCC(=O)c1sc(NCc2cccnc2)c(SC)c1N. The maximum Gasteiger partial charge on any atom is 0.174 e. The van der Waals surface area contributed by atoms with Crippen LogP contribution in [0.15, 0.2) is 29.4 Å². The van der Waals surface area contributed by atoms with Gasteiger partial charge in [0.05, 0.1) is 15.5 Å². The second-order valence-corrected chi connectivity index (χ2v) is 6.04. The molecule has 0 aliphatic rings. The first-order valence-electron chi connectivity index (χ1n) is 6.29. The highest BCUT2D eigenvalue weighted by atomic mass is 32.2. The first-order chi connectivity index (χ1) is 9.67. The minimum Gasteiger partial charge on any atom is -0.396 e. The Bertz CT molecular complexity index is 596. The molecule has 0 aliphatic carbocycles. The highest BCUT2D eigenvalue weighted by Gasteiger charge is 2.19. The van der Waals surface area contributed by atoms with E-state index in [1.165, 1.54) is 11.3 Å². The van der Waals surface area contributed by atoms with Crippen LogP contribution in [0.5, 0.6) is 0 Å². The summed E-state index contributed by atoms with van der Waals surface area (Å²) in [6.07, 6.45) is 6.01. The number of nitrogens with two attached hydrogens (primary N) is 1. The highest BCUT2D eigenvalue weighted by molar-refractivity contribution is 7.99. The fourth-order valence-corrected chi connectivity index (χ4v) is 3.84. The van der Waals surface area contributed by atoms with Gasteiger partial charge in [0.1, 0.15) is 5.00 Å². The molecule has 0 radical (unpaired) electrons. The highest BCUT2D eigenvalue weighted by Crippen LogP contribution is 2.42. The molecule has 0 bridgehead atoms. The molecule has 0 aromatic carbocycles. The minimum atomic E-state index is 0.0947. The molecule has 2 rings (SSSR count). The molecule has 6 heteroatoms. The maximum atomic E-state index is 11.9. The molecule has 20 heavy (non-hydrogen) atoms. The lowest BCUT2D eigenvalue weighted by Crippen LogP contribution is -1.99. The van der Waals surface area contributed by atoms with E-state index in [2.05, 4.69) is 10.3 Å². The third-order valence-electron chi connectivity index (χ3n) is 2.85. The third-order valence-corrected chi connectivity index (χ3v) is 5.02. The van der Waals surface area contributed by atoms with Crippen molar-refractivity contribution < 1.29 is 4.79 Å². The number of hydrogen-bond donors (Lipinski definition) is 2. The van der Waals surface area contributed by atoms with Gasteiger partial charge in [-0.3, -0.25) is 9.78 Å². The largest absolute Gasteiger partial charge is 0.396 e. The number of carbonyl (C=O) groups excluding carboxylic acids is 1. The summed E-state index contributed by atoms with van der Waals surface area (Å²) >= 11 is 3.00. The Morgan fingerprint density at radius 2 is 2.35 bits per heavy atom. The van der Waals surface area contributed by atoms with Crippen molar-refractivity contribution in [1.29, 1.82) is 0 Å². The molecule has 0 amide bonds. The van der Waals surface area contributed by atoms with Crippen molar-refractivity contribution in [2.45, 2.75) is 24.8 Å². The van der Waals surface area contributed by atoms with E-state index in [-0.39, 0.29) is 5.78 Å². The first kappa shape index (κ1) is 14.9. The number of nitrogen functional groups attached to an aromatic ring is 1. The summed E-state index contributed by atoms with van der Waals surface area (Å²) in [5.74, 6) is 0.0947. The van der Waals surface area contributed by atoms with Gasteiger partial charge < -0.3 is 11.1 Å². The smallest absolute Gasteiger partial charge is 0.174 e. The first-order valence-corrected chi connectivity index (χ1v) is 8.33. The standard InChI is InChI=1S/C14H17N3OS2/c1-3-10(18)12-11(15)13(19-2)14(20-12)17-8-9-5-4-6-16-7-9/h4-7,17H,3,8,15H2,1-2H3. The maximum absolute atomic E-state index is 11.9. The summed E-state index contributed by atoms with van der Waals surface area (Å²) in [5.41, 5.74) is 7.77. The quantitative estimate of drug-likeness (QED) is 0.630. The van der Waals surface area contributed by atoms with E-state index in [0.29, 0.717) is 23.5 Å². The van der Waals surface area contributed by atoms with Crippen molar-refractivity contribution in [3.05, 3.63) is 35.0 Å². The fraction of sp³-hybridized carbons (Fsp3) is 0.286. The zero-order chi connectivity index (χ0) is 14.5. The summed E-state index contributed by atoms with van der Waals surface area (Å²) in [5, 5.41) is 4.30. The lowest BCUT2D eigenvalue weighted by molar-refractivity contribution is 0.0992. The average Bonchev–Trinajstić information content (AvgIpc) is 2.81. The molecule has 0 aliphatic heterocycles. The zero-order valence-electron chi connectivity index (χ0n) is 11.5. The lowest BCUT2D eigenvalue weighted by atomic mass is 10.2. The summed E-state index contributed by atoms with van der Waals surface area (Å²) in [4.78, 5) is 17.6. The van der Waals surface area contributed by atoms with Crippen molar-refractivity contribution >= 4 is 39.6 Å². The summed E-state index contributed by atoms with van der Waals surface area (Å²) in [6, 6.07) is 3.91. The molecule has 0 saturated carbocycles. The van der Waals surface area contributed by atoms with Crippen LogP contribution in [-0.2, 0) is 6.54 Å². The van der Waals surface area contributed by atoms with Gasteiger partial charge in [0.25, 0.3) is 0 Å². The monoisotopic (exact) mass is 307 g/mol. The van der Waals surface area contributed by atoms with Crippen molar-refractivity contribution in [2.24, 2.45) is 0 Å². The van der Waals surface area contributed by atoms with E-state index in [9.17, 15) is 4.79 Å². The number of carbonyl (C=O) groups is 1. The van der Waals surface area contributed by atoms with Gasteiger partial charge in [0.15, 0.2) is 5.78 Å². The molecule has 0 spiro atoms. The average molecular weight is 307 g/mol. The Hall–Kier alpha value is -1.53. The van der Waals surface area contributed by atoms with E-state index in [0.717, 1.165) is 15.5 Å². The topological polar surface area (TPSA) is 68.0 Å². The molecule has 0 saturated heterocycles. The number of pyridine rings is 1. The van der Waals surface area contributed by atoms with E-state index < -0.39 is 0 Å². The van der Waals surface area contributed by atoms with Crippen LogP contribution in [0.4, 0.5) is 10.7 Å². The van der Waals surface area contributed by atoms with Crippen LogP contribution in [0, 0.1) is 0 Å². The Balaban J connectivity index is 2.21. The molecule has 2 heterocycles. The predicted octanol–water partition coefficient (Wildman–Crippen LogP) is 3.65. The van der Waals surface area contributed by atoms with Crippen LogP contribution in [0.25, 0.3) is 0 Å². The number of nitrogens with zero attached hydrogens (tertiary/aromatic N) is 1. The number of thiophene rings is 1. The molecule has 0 fully saturated rings. The zero-order valence-corrected chi connectivity index (χ0v) is 13.1. The van der Waals surface area contributed by atoms with Gasteiger partial charge in [0.2, 0.25) is 0 Å². The molecule has 0 atom stereocenters. The number of Topliss-reactive ketones (excluding diaryl/α,β-unsaturated/α-hetero) is 1. The van der Waals surface area contributed by atoms with Gasteiger partial charge in [-0.05, 0) is 17.9 Å². The second-order valence-electron chi connectivity index (χ2n) is 4.20. The van der Waals surface area contributed by atoms with Gasteiger partial charge in [0, 0.05) is 25.4 Å². The van der Waals surface area contributed by atoms with Crippen LogP contribution in [0.1, 0.15) is 28.6 Å². The molecule has 2 aromatic rings. The van der Waals surface area contributed by atoms with E-state index in [1.807, 2.05) is 31.5 Å². The third kappa shape index (κ3) is 3.13. The molecular weight excluding hydrogens is 290 g/mol. The van der Waals surface area contributed by atoms with Gasteiger partial charge in [-0.15, -0.1) is 23.1 Å². The molecule has 106 valence electrons. The summed E-state index contributed by atoms with van der Waals surface area (Å²) in [6.45, 7) is 2.52. The van der Waals surface area contributed by atoms with Gasteiger partial charge in [-0.2, -0.15) is 0 Å². The van der Waals surface area contributed by atoms with Gasteiger partial charge >= 0.3 is 0 Å². The number of aromatic nitrogens is 1. The Morgan fingerprint density at radius 1 is 1.55 bits per heavy atom.